The molecular weight excluding hydrogens is 511 g/mol. The van der Waals surface area contributed by atoms with Crippen LogP contribution in [0.25, 0.3) is 0 Å². The standard InChI is InChI=1S/C29H32Cl2N2O2S/c1-3-5-6-15-32(29(35)21-9-7-20(4-2)8-10-21)19-27(34)33-16-13-26-24(14-17-36-26)28(33)23-12-11-22(30)18-25(23)31/h7-12,14,17-18,28H,3-6,13,15-16,19H2,1-2H3. The van der Waals surface area contributed by atoms with Crippen LogP contribution in [0, 0.1) is 0 Å². The van der Waals surface area contributed by atoms with E-state index in [0.717, 1.165) is 43.2 Å². The number of nitrogens with zero attached hydrogens (tertiary/aromatic N) is 2. The van der Waals surface area contributed by atoms with Crippen LogP contribution in [0.1, 0.15) is 71.1 Å². The predicted octanol–water partition coefficient (Wildman–Crippen LogP) is 7.42. The van der Waals surface area contributed by atoms with Crippen LogP contribution in [0.3, 0.4) is 0 Å². The second kappa shape index (κ2) is 12.3. The molecule has 1 atom stereocenters. The topological polar surface area (TPSA) is 40.6 Å². The molecule has 3 aromatic rings. The highest BCUT2D eigenvalue weighted by molar-refractivity contribution is 7.10. The molecule has 7 heteroatoms. The average molecular weight is 544 g/mol. The average Bonchev–Trinajstić information content (AvgIpc) is 3.36. The Morgan fingerprint density at radius 1 is 1.03 bits per heavy atom. The Balaban J connectivity index is 1.61. The molecule has 0 radical (unpaired) electrons. The van der Waals surface area contributed by atoms with E-state index in [4.69, 9.17) is 23.2 Å². The van der Waals surface area contributed by atoms with Crippen molar-refractivity contribution in [3.05, 3.63) is 91.1 Å². The minimum Gasteiger partial charge on any atom is -0.330 e. The quantitative estimate of drug-likeness (QED) is 0.264. The molecular formula is C29H32Cl2N2O2S. The minimum atomic E-state index is -0.298. The third-order valence-electron chi connectivity index (χ3n) is 6.80. The predicted molar refractivity (Wildman–Crippen MR) is 149 cm³/mol. The molecule has 1 aliphatic heterocycles. The molecule has 190 valence electrons. The highest BCUT2D eigenvalue weighted by atomic mass is 35.5. The van der Waals surface area contributed by atoms with Gasteiger partial charge in [-0.3, -0.25) is 9.59 Å². The summed E-state index contributed by atoms with van der Waals surface area (Å²) in [4.78, 5) is 32.2. The Hall–Kier alpha value is -2.34. The van der Waals surface area contributed by atoms with Crippen molar-refractivity contribution in [1.82, 2.24) is 9.80 Å². The van der Waals surface area contributed by atoms with Gasteiger partial charge < -0.3 is 9.80 Å². The molecule has 4 rings (SSSR count). The zero-order chi connectivity index (χ0) is 25.7. The second-order valence-corrected chi connectivity index (χ2v) is 11.0. The number of aryl methyl sites for hydroxylation is 1. The molecule has 2 aromatic carbocycles. The van der Waals surface area contributed by atoms with Crippen LogP contribution >= 0.6 is 34.5 Å². The number of hydrogen-bond acceptors (Lipinski definition) is 3. The van der Waals surface area contributed by atoms with E-state index in [0.29, 0.717) is 28.7 Å². The van der Waals surface area contributed by atoms with E-state index in [1.165, 1.54) is 10.4 Å². The fourth-order valence-corrected chi connectivity index (χ4v) is 6.18. The zero-order valence-corrected chi connectivity index (χ0v) is 23.1. The van der Waals surface area contributed by atoms with Crippen LogP contribution in [0.15, 0.2) is 53.9 Å². The van der Waals surface area contributed by atoms with Crippen molar-refractivity contribution in [2.24, 2.45) is 0 Å². The third kappa shape index (κ3) is 5.96. The van der Waals surface area contributed by atoms with E-state index < -0.39 is 0 Å². The largest absolute Gasteiger partial charge is 0.330 e. The number of thiophene rings is 1. The number of halogens is 2. The maximum Gasteiger partial charge on any atom is 0.254 e. The van der Waals surface area contributed by atoms with Gasteiger partial charge in [-0.2, -0.15) is 0 Å². The maximum atomic E-state index is 13.8. The Labute approximate surface area is 227 Å². The van der Waals surface area contributed by atoms with Crippen LogP contribution in [-0.2, 0) is 17.6 Å². The molecule has 0 saturated heterocycles. The highest BCUT2D eigenvalue weighted by Crippen LogP contribution is 2.41. The monoisotopic (exact) mass is 542 g/mol. The summed E-state index contributed by atoms with van der Waals surface area (Å²) in [5.41, 5.74) is 3.76. The Kier molecular flexibility index (Phi) is 9.10. The van der Waals surface area contributed by atoms with Gasteiger partial charge in [0.05, 0.1) is 6.04 Å². The molecule has 0 bridgehead atoms. The molecule has 0 aliphatic carbocycles. The normalized spacial score (nSPS) is 15.0. The van der Waals surface area contributed by atoms with Gasteiger partial charge in [-0.25, -0.2) is 0 Å². The Bertz CT molecular complexity index is 1210. The number of rotatable bonds is 9. The lowest BCUT2D eigenvalue weighted by Gasteiger charge is -2.38. The van der Waals surface area contributed by atoms with Gasteiger partial charge in [0, 0.05) is 33.6 Å². The minimum absolute atomic E-state index is 0.0409. The second-order valence-electron chi connectivity index (χ2n) is 9.19. The van der Waals surface area contributed by atoms with E-state index in [1.807, 2.05) is 41.3 Å². The van der Waals surface area contributed by atoms with E-state index in [2.05, 4.69) is 25.3 Å². The van der Waals surface area contributed by atoms with Crippen molar-refractivity contribution < 1.29 is 9.59 Å². The van der Waals surface area contributed by atoms with Crippen molar-refractivity contribution in [3.8, 4) is 0 Å². The molecule has 1 aliphatic rings. The summed E-state index contributed by atoms with van der Waals surface area (Å²) in [6.07, 6.45) is 4.64. The summed E-state index contributed by atoms with van der Waals surface area (Å²) in [5.74, 6) is -0.172. The van der Waals surface area contributed by atoms with Crippen molar-refractivity contribution in [2.45, 2.75) is 52.0 Å². The van der Waals surface area contributed by atoms with Crippen molar-refractivity contribution >= 4 is 46.4 Å². The van der Waals surface area contributed by atoms with Gasteiger partial charge in [0.2, 0.25) is 5.91 Å². The van der Waals surface area contributed by atoms with E-state index >= 15 is 0 Å². The van der Waals surface area contributed by atoms with Crippen LogP contribution in [0.2, 0.25) is 10.0 Å². The first-order valence-electron chi connectivity index (χ1n) is 12.6. The lowest BCUT2D eigenvalue weighted by atomic mass is 9.93. The van der Waals surface area contributed by atoms with Crippen molar-refractivity contribution in [2.75, 3.05) is 19.6 Å². The van der Waals surface area contributed by atoms with Gasteiger partial charge in [0.25, 0.3) is 5.91 Å². The van der Waals surface area contributed by atoms with Gasteiger partial charge in [-0.1, -0.05) is 68.1 Å². The highest BCUT2D eigenvalue weighted by Gasteiger charge is 2.35. The molecule has 0 spiro atoms. The number of carbonyl (C=O) groups excluding carboxylic acids is 2. The Morgan fingerprint density at radius 3 is 2.50 bits per heavy atom. The van der Waals surface area contributed by atoms with Gasteiger partial charge in [-0.05, 0) is 71.7 Å². The number of unbranched alkanes of at least 4 members (excludes halogenated alkanes) is 2. The summed E-state index contributed by atoms with van der Waals surface area (Å²) in [5, 5.41) is 3.16. The molecule has 1 aromatic heterocycles. The summed E-state index contributed by atoms with van der Waals surface area (Å²) in [6, 6.07) is 14.9. The van der Waals surface area contributed by atoms with Gasteiger partial charge in [-0.15, -0.1) is 11.3 Å². The van der Waals surface area contributed by atoms with Crippen LogP contribution < -0.4 is 0 Å². The first kappa shape index (κ1) is 26.7. The smallest absolute Gasteiger partial charge is 0.254 e. The third-order valence-corrected chi connectivity index (χ3v) is 8.36. The number of carbonyl (C=O) groups is 2. The van der Waals surface area contributed by atoms with Crippen molar-refractivity contribution in [1.29, 1.82) is 0 Å². The van der Waals surface area contributed by atoms with Gasteiger partial charge in [0.1, 0.15) is 6.54 Å². The molecule has 4 nitrogen and oxygen atoms in total. The van der Waals surface area contributed by atoms with Crippen LogP contribution in [0.5, 0.6) is 0 Å². The summed E-state index contributed by atoms with van der Waals surface area (Å²) in [7, 11) is 0. The molecule has 0 fully saturated rings. The van der Waals surface area contributed by atoms with Crippen LogP contribution in [0.4, 0.5) is 0 Å². The fourth-order valence-electron chi connectivity index (χ4n) is 4.77. The molecule has 2 amide bonds. The summed E-state index contributed by atoms with van der Waals surface area (Å²) in [6.45, 7) is 5.40. The van der Waals surface area contributed by atoms with Gasteiger partial charge in [0.15, 0.2) is 0 Å². The number of amides is 2. The molecule has 1 unspecified atom stereocenters. The zero-order valence-electron chi connectivity index (χ0n) is 20.8. The van der Waals surface area contributed by atoms with E-state index in [9.17, 15) is 9.59 Å². The van der Waals surface area contributed by atoms with E-state index in [-0.39, 0.29) is 24.4 Å². The Morgan fingerprint density at radius 2 is 1.81 bits per heavy atom. The maximum absolute atomic E-state index is 13.8. The summed E-state index contributed by atoms with van der Waals surface area (Å²) >= 11 is 14.5. The van der Waals surface area contributed by atoms with E-state index in [1.54, 1.807) is 22.3 Å². The SMILES string of the molecule is CCCCCN(CC(=O)N1CCc2sccc2C1c1ccc(Cl)cc1Cl)C(=O)c1ccc(CC)cc1. The fraction of sp³-hybridized carbons (Fsp3) is 0.379. The lowest BCUT2D eigenvalue weighted by molar-refractivity contribution is -0.134. The van der Waals surface area contributed by atoms with Crippen molar-refractivity contribution in [3.63, 3.8) is 0 Å². The first-order valence-corrected chi connectivity index (χ1v) is 14.2. The molecule has 0 saturated carbocycles. The lowest BCUT2D eigenvalue weighted by Crippen LogP contribution is -2.47. The number of hydrogen-bond donors (Lipinski definition) is 0. The number of benzene rings is 2. The molecule has 2 heterocycles. The number of fused-ring (bicyclic) bond motifs is 1. The molecule has 36 heavy (non-hydrogen) atoms. The van der Waals surface area contributed by atoms with Crippen LogP contribution in [-0.4, -0.2) is 41.2 Å². The summed E-state index contributed by atoms with van der Waals surface area (Å²) < 4.78 is 0. The van der Waals surface area contributed by atoms with Gasteiger partial charge >= 0.3 is 0 Å². The first-order chi connectivity index (χ1) is 17.4. The molecule has 0 N–H and O–H groups in total.